The Balaban J connectivity index is 1.22. The number of carbonyl (C=O) groups excluding carboxylic acids is 1. The Labute approximate surface area is 179 Å². The summed E-state index contributed by atoms with van der Waals surface area (Å²) in [5, 5.41) is 13.5. The summed E-state index contributed by atoms with van der Waals surface area (Å²) in [6.07, 6.45) is 3.88. The second-order valence-corrected chi connectivity index (χ2v) is 7.82. The van der Waals surface area contributed by atoms with Gasteiger partial charge >= 0.3 is 0 Å². The molecule has 3 aromatic rings. The first-order valence-corrected chi connectivity index (χ1v) is 10.3. The number of piperidine rings is 1. The highest BCUT2D eigenvalue weighted by Gasteiger charge is 2.22. The zero-order chi connectivity index (χ0) is 21.2. The number of nitrogens with zero attached hydrogens (tertiary/aromatic N) is 3. The molecule has 160 valence electrons. The fourth-order valence-corrected chi connectivity index (χ4v) is 3.84. The summed E-state index contributed by atoms with van der Waals surface area (Å²) in [5.74, 6) is 1.29. The van der Waals surface area contributed by atoms with Crippen molar-refractivity contribution in [1.82, 2.24) is 20.1 Å². The Morgan fingerprint density at radius 1 is 1.16 bits per heavy atom. The predicted molar refractivity (Wildman–Crippen MR) is 116 cm³/mol. The first-order valence-electron chi connectivity index (χ1n) is 10.3. The molecule has 2 aliphatic heterocycles. The molecule has 3 N–H and O–H groups in total. The van der Waals surface area contributed by atoms with Crippen LogP contribution in [0.5, 0.6) is 11.6 Å². The van der Waals surface area contributed by atoms with Crippen LogP contribution < -0.4 is 20.1 Å². The standard InChI is InChI=1S/C22H24N6O3/c1-28-10-7-16(8-11-28)24-15-4-2-14(3-5-15)21(29)25-19-12-18(26-27-19)17-6-9-23-22-20(17)30-13-31-22/h2-6,9,12,16,24H,7-8,10-11,13H2,1H3,(H2,25,26,27,29). The zero-order valence-corrected chi connectivity index (χ0v) is 17.2. The van der Waals surface area contributed by atoms with Crippen LogP contribution in [0.25, 0.3) is 11.3 Å². The van der Waals surface area contributed by atoms with Crippen LogP contribution in [-0.2, 0) is 0 Å². The Bertz CT molecular complexity index is 1070. The smallest absolute Gasteiger partial charge is 0.260 e. The second kappa shape index (κ2) is 8.27. The van der Waals surface area contributed by atoms with Gasteiger partial charge in [0.05, 0.1) is 11.3 Å². The van der Waals surface area contributed by atoms with E-state index in [-0.39, 0.29) is 12.7 Å². The molecule has 2 aliphatic rings. The summed E-state index contributed by atoms with van der Waals surface area (Å²) in [4.78, 5) is 19.1. The molecule has 1 saturated heterocycles. The van der Waals surface area contributed by atoms with E-state index in [1.54, 1.807) is 18.3 Å². The highest BCUT2D eigenvalue weighted by molar-refractivity contribution is 6.04. The first kappa shape index (κ1) is 19.4. The largest absolute Gasteiger partial charge is 0.451 e. The Morgan fingerprint density at radius 2 is 1.97 bits per heavy atom. The zero-order valence-electron chi connectivity index (χ0n) is 17.2. The van der Waals surface area contributed by atoms with Crippen molar-refractivity contribution in [2.75, 3.05) is 37.6 Å². The van der Waals surface area contributed by atoms with E-state index < -0.39 is 0 Å². The van der Waals surface area contributed by atoms with Crippen molar-refractivity contribution in [2.24, 2.45) is 0 Å². The number of ether oxygens (including phenoxy) is 2. The third kappa shape index (κ3) is 4.17. The van der Waals surface area contributed by atoms with Crippen LogP contribution in [0.3, 0.4) is 0 Å². The lowest BCUT2D eigenvalue weighted by Gasteiger charge is -2.30. The van der Waals surface area contributed by atoms with Crippen LogP contribution in [0.4, 0.5) is 11.5 Å². The van der Waals surface area contributed by atoms with Crippen molar-refractivity contribution in [1.29, 1.82) is 0 Å². The average molecular weight is 420 g/mol. The fourth-order valence-electron chi connectivity index (χ4n) is 3.84. The van der Waals surface area contributed by atoms with Crippen molar-refractivity contribution in [3.05, 3.63) is 48.2 Å². The minimum absolute atomic E-state index is 0.135. The SMILES string of the molecule is CN1CCC(Nc2ccc(C(=O)Nc3cc(-c4ccnc5c4OCO5)n[nH]3)cc2)CC1. The van der Waals surface area contributed by atoms with Gasteiger partial charge in [0.1, 0.15) is 5.82 Å². The number of rotatable bonds is 5. The number of carbonyl (C=O) groups is 1. The van der Waals surface area contributed by atoms with Gasteiger partial charge in [0.25, 0.3) is 11.8 Å². The van der Waals surface area contributed by atoms with Crippen LogP contribution in [0.2, 0.25) is 0 Å². The minimum Gasteiger partial charge on any atom is -0.451 e. The predicted octanol–water partition coefficient (Wildman–Crippen LogP) is 2.96. The molecular weight excluding hydrogens is 396 g/mol. The maximum atomic E-state index is 12.6. The van der Waals surface area contributed by atoms with Crippen LogP contribution >= 0.6 is 0 Å². The molecule has 9 heteroatoms. The van der Waals surface area contributed by atoms with E-state index in [0.717, 1.165) is 37.2 Å². The molecule has 1 amide bonds. The van der Waals surface area contributed by atoms with Gasteiger partial charge < -0.3 is 25.0 Å². The number of benzene rings is 1. The average Bonchev–Trinajstić information content (AvgIpc) is 3.45. The number of aromatic nitrogens is 3. The van der Waals surface area contributed by atoms with Gasteiger partial charge in [-0.2, -0.15) is 5.10 Å². The van der Waals surface area contributed by atoms with Gasteiger partial charge in [-0.25, -0.2) is 4.98 Å². The number of amides is 1. The highest BCUT2D eigenvalue weighted by atomic mass is 16.7. The number of likely N-dealkylation sites (tertiary alicyclic amines) is 1. The molecule has 9 nitrogen and oxygen atoms in total. The van der Waals surface area contributed by atoms with E-state index >= 15 is 0 Å². The number of H-pyrrole nitrogens is 1. The lowest BCUT2D eigenvalue weighted by Crippen LogP contribution is -2.36. The molecule has 5 rings (SSSR count). The summed E-state index contributed by atoms with van der Waals surface area (Å²) in [7, 11) is 2.15. The van der Waals surface area contributed by atoms with Crippen LogP contribution in [-0.4, -0.2) is 59.0 Å². The molecule has 0 atom stereocenters. The van der Waals surface area contributed by atoms with Gasteiger partial charge in [0.15, 0.2) is 5.75 Å². The van der Waals surface area contributed by atoms with Crippen molar-refractivity contribution < 1.29 is 14.3 Å². The molecule has 31 heavy (non-hydrogen) atoms. The maximum Gasteiger partial charge on any atom is 0.260 e. The molecule has 0 radical (unpaired) electrons. The van der Waals surface area contributed by atoms with Crippen molar-refractivity contribution in [2.45, 2.75) is 18.9 Å². The Morgan fingerprint density at radius 3 is 2.77 bits per heavy atom. The number of hydrogen-bond donors (Lipinski definition) is 3. The number of hydrogen-bond acceptors (Lipinski definition) is 7. The molecule has 4 heterocycles. The van der Waals surface area contributed by atoms with Crippen LogP contribution in [0.1, 0.15) is 23.2 Å². The van der Waals surface area contributed by atoms with Gasteiger partial charge in [-0.1, -0.05) is 0 Å². The molecule has 2 aromatic heterocycles. The quantitative estimate of drug-likeness (QED) is 0.583. The van der Waals surface area contributed by atoms with Crippen LogP contribution in [0, 0.1) is 0 Å². The molecule has 0 saturated carbocycles. The normalized spacial score (nSPS) is 16.3. The summed E-state index contributed by atoms with van der Waals surface area (Å²) >= 11 is 0. The molecule has 0 aliphatic carbocycles. The minimum atomic E-state index is -0.208. The van der Waals surface area contributed by atoms with Gasteiger partial charge in [0.2, 0.25) is 6.79 Å². The summed E-state index contributed by atoms with van der Waals surface area (Å²) in [6, 6.07) is 11.6. The molecular formula is C22H24N6O3. The van der Waals surface area contributed by atoms with E-state index in [9.17, 15) is 4.79 Å². The van der Waals surface area contributed by atoms with Gasteiger partial charge in [-0.15, -0.1) is 0 Å². The number of anilines is 2. The molecule has 0 bridgehead atoms. The highest BCUT2D eigenvalue weighted by Crippen LogP contribution is 2.39. The molecule has 0 spiro atoms. The molecule has 1 aromatic carbocycles. The van der Waals surface area contributed by atoms with E-state index in [1.165, 1.54) is 0 Å². The lowest BCUT2D eigenvalue weighted by atomic mass is 10.0. The summed E-state index contributed by atoms with van der Waals surface area (Å²) in [6.45, 7) is 2.34. The second-order valence-electron chi connectivity index (χ2n) is 7.82. The maximum absolute atomic E-state index is 12.6. The van der Waals surface area contributed by atoms with E-state index in [1.807, 2.05) is 24.3 Å². The van der Waals surface area contributed by atoms with E-state index in [4.69, 9.17) is 9.47 Å². The Hall–Kier alpha value is -3.59. The summed E-state index contributed by atoms with van der Waals surface area (Å²) in [5.41, 5.74) is 3.00. The first-order chi connectivity index (χ1) is 15.2. The number of nitrogens with one attached hydrogen (secondary N) is 3. The van der Waals surface area contributed by atoms with Crippen LogP contribution in [0.15, 0.2) is 42.6 Å². The Kier molecular flexibility index (Phi) is 5.17. The monoisotopic (exact) mass is 420 g/mol. The molecule has 1 fully saturated rings. The topological polar surface area (TPSA) is 104 Å². The lowest BCUT2D eigenvalue weighted by molar-refractivity contribution is 0.102. The van der Waals surface area contributed by atoms with Crippen molar-refractivity contribution >= 4 is 17.4 Å². The molecule has 0 unspecified atom stereocenters. The number of fused-ring (bicyclic) bond motifs is 1. The number of aromatic amines is 1. The van der Waals surface area contributed by atoms with Gasteiger partial charge in [0, 0.05) is 29.6 Å². The third-order valence-corrected chi connectivity index (χ3v) is 5.61. The number of pyridine rings is 1. The summed E-state index contributed by atoms with van der Waals surface area (Å²) < 4.78 is 10.8. The third-order valence-electron chi connectivity index (χ3n) is 5.61. The van der Waals surface area contributed by atoms with Crippen molar-refractivity contribution in [3.63, 3.8) is 0 Å². The fraction of sp³-hybridized carbons (Fsp3) is 0.318. The van der Waals surface area contributed by atoms with Gasteiger partial charge in [-0.05, 0) is 63.3 Å². The van der Waals surface area contributed by atoms with E-state index in [0.29, 0.717) is 34.7 Å². The van der Waals surface area contributed by atoms with E-state index in [2.05, 4.69) is 37.8 Å². The van der Waals surface area contributed by atoms with Gasteiger partial charge in [-0.3, -0.25) is 9.89 Å². The van der Waals surface area contributed by atoms with Crippen molar-refractivity contribution in [3.8, 4) is 22.9 Å².